The van der Waals surface area contributed by atoms with Crippen molar-refractivity contribution in [3.8, 4) is 0 Å². The normalized spacial score (nSPS) is 23.6. The maximum absolute atomic E-state index is 14.7. The third-order valence-electron chi connectivity index (χ3n) is 4.88. The van der Waals surface area contributed by atoms with Gasteiger partial charge in [-0.15, -0.1) is 0 Å². The van der Waals surface area contributed by atoms with Gasteiger partial charge in [-0.3, -0.25) is 9.78 Å². The number of thioether (sulfide) groups is 1. The molecule has 0 spiro atoms. The smallest absolute Gasteiger partial charge is 0.281 e. The standard InChI is InChI=1S/C18H16F3N5O2S/c19-12-2-1-10(25-16(27)14-5-23-13(4-24-14)15(20)21)3-11(12)18-8-28-6-9(18)7-29-17(22)26-18/h1-5,9,15H,6-8H2,(H2,22,26)(H,25,27)/t9-,18+/m0/s1. The lowest BCUT2D eigenvalue weighted by Gasteiger charge is -2.34. The second-order valence-electron chi connectivity index (χ2n) is 6.67. The van der Waals surface area contributed by atoms with Gasteiger partial charge in [-0.25, -0.2) is 23.1 Å². The Bertz CT molecular complexity index is 972. The molecule has 1 saturated heterocycles. The third kappa shape index (κ3) is 3.67. The zero-order valence-corrected chi connectivity index (χ0v) is 15.8. The highest BCUT2D eigenvalue weighted by atomic mass is 32.2. The Balaban J connectivity index is 1.62. The van der Waals surface area contributed by atoms with Crippen LogP contribution in [0.3, 0.4) is 0 Å². The second kappa shape index (κ2) is 7.64. The molecule has 1 fully saturated rings. The third-order valence-corrected chi connectivity index (χ3v) is 5.83. The van der Waals surface area contributed by atoms with Crippen molar-refractivity contribution in [3.63, 3.8) is 0 Å². The molecule has 0 saturated carbocycles. The van der Waals surface area contributed by atoms with Gasteiger partial charge in [-0.1, -0.05) is 11.8 Å². The summed E-state index contributed by atoms with van der Waals surface area (Å²) in [5.41, 5.74) is 4.86. The molecule has 1 aromatic carbocycles. The molecule has 0 radical (unpaired) electrons. The van der Waals surface area contributed by atoms with Crippen molar-refractivity contribution in [2.45, 2.75) is 12.0 Å². The fourth-order valence-electron chi connectivity index (χ4n) is 3.39. The first-order chi connectivity index (χ1) is 13.9. The van der Waals surface area contributed by atoms with Crippen molar-refractivity contribution >= 4 is 28.5 Å². The number of hydrogen-bond donors (Lipinski definition) is 2. The topological polar surface area (TPSA) is 102 Å². The Morgan fingerprint density at radius 3 is 2.90 bits per heavy atom. The molecular weight excluding hydrogens is 407 g/mol. The van der Waals surface area contributed by atoms with Crippen LogP contribution in [0.15, 0.2) is 35.6 Å². The lowest BCUT2D eigenvalue weighted by atomic mass is 9.81. The number of anilines is 1. The molecule has 3 heterocycles. The first-order valence-electron chi connectivity index (χ1n) is 8.66. The minimum Gasteiger partial charge on any atom is -0.379 e. The number of nitrogens with one attached hydrogen (secondary N) is 1. The summed E-state index contributed by atoms with van der Waals surface area (Å²) < 4.78 is 45.4. The summed E-state index contributed by atoms with van der Waals surface area (Å²) in [6.45, 7) is 0.625. The summed E-state index contributed by atoms with van der Waals surface area (Å²) in [4.78, 5) is 24.1. The maximum atomic E-state index is 14.7. The number of amidine groups is 1. The molecule has 0 unspecified atom stereocenters. The van der Waals surface area contributed by atoms with Gasteiger partial charge in [-0.2, -0.15) is 0 Å². The van der Waals surface area contributed by atoms with E-state index in [0.717, 1.165) is 12.4 Å². The van der Waals surface area contributed by atoms with E-state index in [9.17, 15) is 18.0 Å². The van der Waals surface area contributed by atoms with Crippen LogP contribution in [-0.4, -0.2) is 40.0 Å². The molecule has 1 aromatic heterocycles. The number of rotatable bonds is 4. The van der Waals surface area contributed by atoms with E-state index in [1.165, 1.54) is 30.0 Å². The van der Waals surface area contributed by atoms with Crippen LogP contribution in [0.25, 0.3) is 0 Å². The largest absolute Gasteiger partial charge is 0.379 e. The zero-order valence-electron chi connectivity index (χ0n) is 14.9. The average Bonchev–Trinajstić information content (AvgIpc) is 3.13. The minimum absolute atomic E-state index is 0.0481. The van der Waals surface area contributed by atoms with Gasteiger partial charge in [0, 0.05) is 22.9 Å². The summed E-state index contributed by atoms with van der Waals surface area (Å²) in [5.74, 6) is -0.539. The number of alkyl halides is 2. The highest BCUT2D eigenvalue weighted by molar-refractivity contribution is 8.13. The van der Waals surface area contributed by atoms with Gasteiger partial charge in [0.05, 0.1) is 25.6 Å². The number of hydrogen-bond acceptors (Lipinski definition) is 7. The van der Waals surface area contributed by atoms with E-state index in [1.54, 1.807) is 0 Å². The molecular formula is C18H16F3N5O2S. The van der Waals surface area contributed by atoms with Crippen molar-refractivity contribution < 1.29 is 22.7 Å². The number of nitrogens with two attached hydrogens (primary N) is 1. The SMILES string of the molecule is NC1=N[C@]2(c3cc(NC(=O)c4cnc(C(F)F)cn4)ccc3F)COC[C@H]2CS1. The number of halogens is 3. The molecule has 29 heavy (non-hydrogen) atoms. The average molecular weight is 423 g/mol. The lowest BCUT2D eigenvalue weighted by Crippen LogP contribution is -2.40. The molecule has 3 N–H and O–H groups in total. The fourth-order valence-corrected chi connectivity index (χ4v) is 4.36. The molecule has 0 aliphatic carbocycles. The molecule has 2 aliphatic rings. The van der Waals surface area contributed by atoms with E-state index in [0.29, 0.717) is 23.2 Å². The summed E-state index contributed by atoms with van der Waals surface area (Å²) in [6, 6.07) is 4.11. The predicted octanol–water partition coefficient (Wildman–Crippen LogP) is 2.71. The van der Waals surface area contributed by atoms with Gasteiger partial charge in [-0.05, 0) is 18.2 Å². The van der Waals surface area contributed by atoms with Gasteiger partial charge in [0.15, 0.2) is 5.17 Å². The van der Waals surface area contributed by atoms with Crippen molar-refractivity contribution in [2.75, 3.05) is 24.3 Å². The Labute approximate surface area is 168 Å². The lowest BCUT2D eigenvalue weighted by molar-refractivity contribution is 0.102. The number of ether oxygens (including phenoxy) is 1. The fraction of sp³-hybridized carbons (Fsp3) is 0.333. The molecule has 7 nitrogen and oxygen atoms in total. The number of amides is 1. The minimum atomic E-state index is -2.78. The molecule has 2 aliphatic heterocycles. The van der Waals surface area contributed by atoms with Crippen LogP contribution in [0.5, 0.6) is 0 Å². The van der Waals surface area contributed by atoms with E-state index in [-0.39, 0.29) is 23.8 Å². The van der Waals surface area contributed by atoms with Gasteiger partial charge < -0.3 is 15.8 Å². The zero-order chi connectivity index (χ0) is 20.6. The van der Waals surface area contributed by atoms with Crippen molar-refractivity contribution in [1.82, 2.24) is 9.97 Å². The van der Waals surface area contributed by atoms with E-state index in [2.05, 4.69) is 20.3 Å². The van der Waals surface area contributed by atoms with Crippen LogP contribution in [0.2, 0.25) is 0 Å². The molecule has 2 aromatic rings. The number of benzene rings is 1. The highest BCUT2D eigenvalue weighted by Gasteiger charge is 2.49. The first kappa shape index (κ1) is 19.6. The van der Waals surface area contributed by atoms with Crippen LogP contribution in [0.4, 0.5) is 18.9 Å². The highest BCUT2D eigenvalue weighted by Crippen LogP contribution is 2.45. The van der Waals surface area contributed by atoms with Crippen LogP contribution in [-0.2, 0) is 10.3 Å². The first-order valence-corrected chi connectivity index (χ1v) is 9.65. The van der Waals surface area contributed by atoms with Crippen molar-refractivity contribution in [1.29, 1.82) is 0 Å². The van der Waals surface area contributed by atoms with E-state index in [4.69, 9.17) is 10.5 Å². The van der Waals surface area contributed by atoms with E-state index in [1.807, 2.05) is 0 Å². The summed E-state index contributed by atoms with van der Waals surface area (Å²) >= 11 is 1.40. The predicted molar refractivity (Wildman–Crippen MR) is 101 cm³/mol. The molecule has 152 valence electrons. The van der Waals surface area contributed by atoms with Gasteiger partial charge >= 0.3 is 0 Å². The number of carbonyl (C=O) groups excluding carboxylic acids is 1. The van der Waals surface area contributed by atoms with Crippen molar-refractivity contribution in [2.24, 2.45) is 16.6 Å². The molecule has 0 bridgehead atoms. The Morgan fingerprint density at radius 1 is 1.34 bits per heavy atom. The molecule has 1 amide bonds. The van der Waals surface area contributed by atoms with Crippen LogP contribution in [0.1, 0.15) is 28.2 Å². The second-order valence-corrected chi connectivity index (χ2v) is 7.71. The van der Waals surface area contributed by atoms with Gasteiger partial charge in [0.25, 0.3) is 12.3 Å². The van der Waals surface area contributed by atoms with Crippen LogP contribution in [0, 0.1) is 11.7 Å². The Morgan fingerprint density at radius 2 is 2.17 bits per heavy atom. The Hall–Kier alpha value is -2.66. The summed E-state index contributed by atoms with van der Waals surface area (Å²) in [5, 5.41) is 2.94. The molecule has 2 atom stereocenters. The summed E-state index contributed by atoms with van der Waals surface area (Å²) in [7, 11) is 0. The number of nitrogens with zero attached hydrogens (tertiary/aromatic N) is 3. The summed E-state index contributed by atoms with van der Waals surface area (Å²) in [6.07, 6.45) is -0.974. The van der Waals surface area contributed by atoms with Gasteiger partial charge in [0.1, 0.15) is 22.7 Å². The monoisotopic (exact) mass is 423 g/mol. The van der Waals surface area contributed by atoms with Crippen LogP contribution < -0.4 is 11.1 Å². The van der Waals surface area contributed by atoms with E-state index < -0.39 is 29.4 Å². The number of aromatic nitrogens is 2. The number of fused-ring (bicyclic) bond motifs is 1. The van der Waals surface area contributed by atoms with Gasteiger partial charge in [0.2, 0.25) is 0 Å². The number of aliphatic imine (C=N–C) groups is 1. The Kier molecular flexibility index (Phi) is 5.17. The van der Waals surface area contributed by atoms with Crippen molar-refractivity contribution in [3.05, 3.63) is 53.4 Å². The number of carbonyl (C=O) groups is 1. The van der Waals surface area contributed by atoms with E-state index >= 15 is 0 Å². The van der Waals surface area contributed by atoms with Crippen LogP contribution >= 0.6 is 11.8 Å². The molecule has 4 rings (SSSR count). The quantitative estimate of drug-likeness (QED) is 0.784. The molecule has 11 heteroatoms. The maximum Gasteiger partial charge on any atom is 0.281 e.